The molecular weight excluding hydrogens is 355 g/mol. The molecule has 28 heavy (non-hydrogen) atoms. The van der Waals surface area contributed by atoms with E-state index in [0.717, 1.165) is 29.7 Å². The highest BCUT2D eigenvalue weighted by molar-refractivity contribution is 5.79. The normalized spacial score (nSPS) is 15.3. The molecule has 3 aromatic rings. The zero-order valence-corrected chi connectivity index (χ0v) is 15.8. The number of nitrogens with one attached hydrogen (secondary N) is 2. The first-order valence-corrected chi connectivity index (χ1v) is 9.34. The minimum Gasteiger partial charge on any atom is -0.356 e. The number of aromatic nitrogens is 3. The molecule has 0 atom stereocenters. The van der Waals surface area contributed by atoms with Crippen molar-refractivity contribution < 1.29 is 4.39 Å². The molecule has 1 aromatic heterocycles. The average Bonchev–Trinajstić information content (AvgIpc) is 3.31. The van der Waals surface area contributed by atoms with E-state index < -0.39 is 0 Å². The first-order valence-electron chi connectivity index (χ1n) is 9.34. The number of hydrogen-bond acceptors (Lipinski definition) is 3. The molecule has 7 heteroatoms. The molecule has 1 saturated carbocycles. The van der Waals surface area contributed by atoms with Crippen LogP contribution in [0.3, 0.4) is 0 Å². The number of aliphatic imine (C=N–C) groups is 1. The van der Waals surface area contributed by atoms with Crippen LogP contribution in [0.15, 0.2) is 66.2 Å². The Labute approximate surface area is 163 Å². The Bertz CT molecular complexity index is 945. The molecule has 2 aromatic carbocycles. The Morgan fingerprint density at radius 2 is 1.93 bits per heavy atom. The molecule has 1 aliphatic rings. The zero-order valence-electron chi connectivity index (χ0n) is 15.8. The van der Waals surface area contributed by atoms with Crippen molar-refractivity contribution in [3.63, 3.8) is 0 Å². The highest BCUT2D eigenvalue weighted by atomic mass is 19.1. The van der Waals surface area contributed by atoms with Gasteiger partial charge in [0, 0.05) is 25.6 Å². The summed E-state index contributed by atoms with van der Waals surface area (Å²) in [5.74, 6) is 0.584. The number of nitrogens with zero attached hydrogens (tertiary/aromatic N) is 4. The van der Waals surface area contributed by atoms with Crippen LogP contribution in [-0.4, -0.2) is 34.3 Å². The van der Waals surface area contributed by atoms with Crippen LogP contribution in [-0.2, 0) is 12.0 Å². The highest BCUT2D eigenvalue weighted by Gasteiger charge is 2.45. The Hall–Kier alpha value is -3.22. The van der Waals surface area contributed by atoms with E-state index in [1.165, 1.54) is 12.4 Å². The fraction of sp³-hybridized carbons (Fsp3) is 0.286. The Morgan fingerprint density at radius 1 is 1.14 bits per heavy atom. The van der Waals surface area contributed by atoms with Crippen LogP contribution in [0, 0.1) is 5.82 Å². The fourth-order valence-corrected chi connectivity index (χ4v) is 3.35. The summed E-state index contributed by atoms with van der Waals surface area (Å²) in [6, 6.07) is 15.1. The summed E-state index contributed by atoms with van der Waals surface area (Å²) in [7, 11) is 1.74. The van der Waals surface area contributed by atoms with E-state index in [1.807, 2.05) is 36.4 Å². The van der Waals surface area contributed by atoms with Crippen molar-refractivity contribution in [3.8, 4) is 5.69 Å². The summed E-state index contributed by atoms with van der Waals surface area (Å²) in [6.07, 6.45) is 5.16. The van der Waals surface area contributed by atoms with Crippen LogP contribution in [0.2, 0.25) is 0 Å². The highest BCUT2D eigenvalue weighted by Crippen LogP contribution is 2.48. The van der Waals surface area contributed by atoms with Gasteiger partial charge in [-0.2, -0.15) is 5.10 Å². The van der Waals surface area contributed by atoms with E-state index in [9.17, 15) is 4.39 Å². The lowest BCUT2D eigenvalue weighted by Gasteiger charge is -2.19. The maximum atomic E-state index is 14.2. The van der Waals surface area contributed by atoms with E-state index in [1.54, 1.807) is 24.1 Å². The molecule has 1 fully saturated rings. The third-order valence-corrected chi connectivity index (χ3v) is 5.20. The Kier molecular flexibility index (Phi) is 5.06. The van der Waals surface area contributed by atoms with Gasteiger partial charge in [-0.05, 0) is 42.2 Å². The first-order chi connectivity index (χ1) is 13.7. The van der Waals surface area contributed by atoms with Crippen molar-refractivity contribution in [1.29, 1.82) is 0 Å². The molecule has 0 amide bonds. The number of benzene rings is 2. The number of halogens is 1. The minimum atomic E-state index is -0.128. The van der Waals surface area contributed by atoms with Gasteiger partial charge in [-0.15, -0.1) is 0 Å². The summed E-state index contributed by atoms with van der Waals surface area (Å²) in [5.41, 5.74) is 2.76. The van der Waals surface area contributed by atoms with E-state index in [0.29, 0.717) is 19.0 Å². The summed E-state index contributed by atoms with van der Waals surface area (Å²) in [6.45, 7) is 1.31. The molecule has 0 radical (unpaired) electrons. The summed E-state index contributed by atoms with van der Waals surface area (Å²) >= 11 is 0. The number of guanidine groups is 1. The van der Waals surface area contributed by atoms with Crippen molar-refractivity contribution in [2.75, 3.05) is 13.6 Å². The molecule has 144 valence electrons. The fourth-order valence-electron chi connectivity index (χ4n) is 3.35. The third-order valence-electron chi connectivity index (χ3n) is 5.20. The lowest BCUT2D eigenvalue weighted by molar-refractivity contribution is 0.559. The SMILES string of the molecule is CN=C(NCc1ccc(-n2cncn2)cc1)NCC1(c2ccccc2F)CC1. The van der Waals surface area contributed by atoms with Gasteiger partial charge in [-0.1, -0.05) is 30.3 Å². The monoisotopic (exact) mass is 378 g/mol. The van der Waals surface area contributed by atoms with Crippen LogP contribution in [0.25, 0.3) is 5.69 Å². The molecule has 0 unspecified atom stereocenters. The van der Waals surface area contributed by atoms with E-state index in [-0.39, 0.29) is 11.2 Å². The lowest BCUT2D eigenvalue weighted by Crippen LogP contribution is -2.41. The average molecular weight is 378 g/mol. The minimum absolute atomic E-state index is 0.123. The van der Waals surface area contributed by atoms with E-state index >= 15 is 0 Å². The topological polar surface area (TPSA) is 67.1 Å². The summed E-state index contributed by atoms with van der Waals surface area (Å²) in [4.78, 5) is 8.24. The Balaban J connectivity index is 1.33. The van der Waals surface area contributed by atoms with E-state index in [4.69, 9.17) is 0 Å². The predicted octanol–water partition coefficient (Wildman–Crippen LogP) is 2.80. The smallest absolute Gasteiger partial charge is 0.191 e. The molecule has 1 aliphatic carbocycles. The van der Waals surface area contributed by atoms with Crippen LogP contribution in [0.5, 0.6) is 0 Å². The maximum Gasteiger partial charge on any atom is 0.191 e. The van der Waals surface area contributed by atoms with E-state index in [2.05, 4.69) is 25.7 Å². The second-order valence-corrected chi connectivity index (χ2v) is 7.05. The quantitative estimate of drug-likeness (QED) is 0.511. The maximum absolute atomic E-state index is 14.2. The summed E-state index contributed by atoms with van der Waals surface area (Å²) in [5, 5.41) is 10.8. The first kappa shape index (κ1) is 18.2. The zero-order chi connectivity index (χ0) is 19.4. The van der Waals surface area contributed by atoms with Gasteiger partial charge in [0.05, 0.1) is 5.69 Å². The molecule has 1 heterocycles. The largest absolute Gasteiger partial charge is 0.356 e. The predicted molar refractivity (Wildman–Crippen MR) is 107 cm³/mol. The van der Waals surface area contributed by atoms with Crippen LogP contribution in [0.4, 0.5) is 4.39 Å². The Morgan fingerprint density at radius 3 is 2.57 bits per heavy atom. The van der Waals surface area contributed by atoms with Crippen molar-refractivity contribution in [3.05, 3.63) is 78.1 Å². The summed E-state index contributed by atoms with van der Waals surface area (Å²) < 4.78 is 15.9. The molecule has 4 rings (SSSR count). The van der Waals surface area contributed by atoms with Crippen molar-refractivity contribution in [2.45, 2.75) is 24.8 Å². The van der Waals surface area contributed by atoms with Gasteiger partial charge in [0.1, 0.15) is 18.5 Å². The molecular formula is C21H23FN6. The van der Waals surface area contributed by atoms with Gasteiger partial charge >= 0.3 is 0 Å². The van der Waals surface area contributed by atoms with Gasteiger partial charge in [-0.3, -0.25) is 4.99 Å². The number of rotatable bonds is 6. The number of hydrogen-bond donors (Lipinski definition) is 2. The van der Waals surface area contributed by atoms with Crippen LogP contribution < -0.4 is 10.6 Å². The molecule has 6 nitrogen and oxygen atoms in total. The van der Waals surface area contributed by atoms with Gasteiger partial charge in [0.25, 0.3) is 0 Å². The molecule has 0 bridgehead atoms. The van der Waals surface area contributed by atoms with Gasteiger partial charge in [0.15, 0.2) is 5.96 Å². The standard InChI is InChI=1S/C21H23FN6/c1-23-20(26-13-21(10-11-21)18-4-2-3-5-19(18)22)25-12-16-6-8-17(9-7-16)28-15-24-14-27-28/h2-9,14-15H,10-13H2,1H3,(H2,23,25,26). The van der Waals surface area contributed by atoms with Crippen LogP contribution in [0.1, 0.15) is 24.0 Å². The second-order valence-electron chi connectivity index (χ2n) is 7.05. The lowest BCUT2D eigenvalue weighted by atomic mass is 9.95. The second kappa shape index (κ2) is 7.80. The molecule has 2 N–H and O–H groups in total. The third kappa shape index (κ3) is 3.88. The van der Waals surface area contributed by atoms with Crippen molar-refractivity contribution in [2.24, 2.45) is 4.99 Å². The van der Waals surface area contributed by atoms with Gasteiger partial charge in [0.2, 0.25) is 0 Å². The molecule has 0 spiro atoms. The van der Waals surface area contributed by atoms with Crippen molar-refractivity contribution in [1.82, 2.24) is 25.4 Å². The van der Waals surface area contributed by atoms with Crippen LogP contribution >= 0.6 is 0 Å². The van der Waals surface area contributed by atoms with Gasteiger partial charge < -0.3 is 10.6 Å². The van der Waals surface area contributed by atoms with Crippen molar-refractivity contribution >= 4 is 5.96 Å². The molecule has 0 aliphatic heterocycles. The molecule has 0 saturated heterocycles. The van der Waals surface area contributed by atoms with Gasteiger partial charge in [-0.25, -0.2) is 14.1 Å².